The van der Waals surface area contributed by atoms with E-state index in [9.17, 15) is 13.6 Å². The number of pyridine rings is 1. The molecule has 0 aromatic carbocycles. The topological polar surface area (TPSA) is 30.0 Å². The molecule has 0 bridgehead atoms. The minimum Gasteiger partial charge on any atom is -0.298 e. The smallest absolute Gasteiger partial charge is 0.280 e. The molecule has 6 heteroatoms. The number of hydrogen-bond donors (Lipinski definition) is 0. The maximum absolute atomic E-state index is 12.2. The second-order valence-electron chi connectivity index (χ2n) is 2.16. The minimum absolute atomic E-state index is 0.260. The lowest BCUT2D eigenvalue weighted by atomic mass is 10.2. The summed E-state index contributed by atoms with van der Waals surface area (Å²) in [4.78, 5) is 14.1. The van der Waals surface area contributed by atoms with Crippen molar-refractivity contribution in [3.8, 4) is 0 Å². The van der Waals surface area contributed by atoms with Crippen molar-refractivity contribution in [2.75, 3.05) is 0 Å². The fourth-order valence-corrected chi connectivity index (χ4v) is 1.73. The molecule has 1 aromatic rings. The SMILES string of the molecule is O=Cc1cc(C(F)F)nc(I)c1I. The fourth-order valence-electron chi connectivity index (χ4n) is 0.734. The first-order valence-electron chi connectivity index (χ1n) is 3.15. The van der Waals surface area contributed by atoms with E-state index >= 15 is 0 Å². The van der Waals surface area contributed by atoms with Crippen LogP contribution in [-0.2, 0) is 0 Å². The highest BCUT2D eigenvalue weighted by molar-refractivity contribution is 14.1. The number of hydrogen-bond acceptors (Lipinski definition) is 2. The molecule has 0 N–H and O–H groups in total. The highest BCUT2D eigenvalue weighted by Crippen LogP contribution is 2.23. The second-order valence-corrected chi connectivity index (χ2v) is 4.26. The highest BCUT2D eigenvalue weighted by atomic mass is 127. The molecule has 0 aliphatic rings. The largest absolute Gasteiger partial charge is 0.298 e. The van der Waals surface area contributed by atoms with Crippen molar-refractivity contribution in [3.63, 3.8) is 0 Å². The number of aromatic nitrogens is 1. The third-order valence-corrected chi connectivity index (χ3v) is 4.26. The van der Waals surface area contributed by atoms with Gasteiger partial charge < -0.3 is 0 Å². The zero-order chi connectivity index (χ0) is 10.0. The summed E-state index contributed by atoms with van der Waals surface area (Å²) in [6.07, 6.45) is -2.08. The van der Waals surface area contributed by atoms with Gasteiger partial charge in [-0.25, -0.2) is 13.8 Å². The summed E-state index contributed by atoms with van der Waals surface area (Å²) >= 11 is 3.72. The first kappa shape index (κ1) is 11.2. The maximum Gasteiger partial charge on any atom is 0.280 e. The zero-order valence-corrected chi connectivity index (χ0v) is 10.4. The molecule has 0 fully saturated rings. The standard InChI is InChI=1S/C7H3F2I2NO/c8-6(9)4-1-3(2-13)5(10)7(11)12-4/h1-2,6H. The van der Waals surface area contributed by atoms with Gasteiger partial charge in [0.2, 0.25) is 0 Å². The van der Waals surface area contributed by atoms with Crippen molar-refractivity contribution in [3.05, 3.63) is 24.6 Å². The van der Waals surface area contributed by atoms with Crippen molar-refractivity contribution in [1.29, 1.82) is 0 Å². The van der Waals surface area contributed by atoms with Gasteiger partial charge in [-0.05, 0) is 51.2 Å². The summed E-state index contributed by atoms with van der Waals surface area (Å²) in [7, 11) is 0. The molecule has 1 heterocycles. The molecule has 0 aliphatic carbocycles. The average Bonchev–Trinajstić information content (AvgIpc) is 2.09. The summed E-state index contributed by atoms with van der Waals surface area (Å²) in [5.41, 5.74) is -0.0952. The van der Waals surface area contributed by atoms with Crippen molar-refractivity contribution < 1.29 is 13.6 Å². The van der Waals surface area contributed by atoms with E-state index in [4.69, 9.17) is 0 Å². The molecule has 0 saturated carbocycles. The van der Waals surface area contributed by atoms with E-state index in [2.05, 4.69) is 4.98 Å². The van der Waals surface area contributed by atoms with Gasteiger partial charge in [0.1, 0.15) is 9.39 Å². The van der Waals surface area contributed by atoms with E-state index in [0.717, 1.165) is 6.07 Å². The molecule has 0 amide bonds. The van der Waals surface area contributed by atoms with Crippen LogP contribution >= 0.6 is 45.2 Å². The highest BCUT2D eigenvalue weighted by Gasteiger charge is 2.14. The Bertz CT molecular complexity index is 344. The summed E-state index contributed by atoms with van der Waals surface area (Å²) in [6, 6.07) is 1.11. The monoisotopic (exact) mass is 409 g/mol. The third-order valence-electron chi connectivity index (χ3n) is 1.32. The lowest BCUT2D eigenvalue weighted by Crippen LogP contribution is -1.99. The lowest BCUT2D eigenvalue weighted by molar-refractivity contribution is 0.112. The van der Waals surface area contributed by atoms with Gasteiger partial charge in [0.25, 0.3) is 6.43 Å². The Hall–Kier alpha value is 0.140. The first-order valence-corrected chi connectivity index (χ1v) is 5.31. The number of carbonyl (C=O) groups excluding carboxylic acids is 1. The van der Waals surface area contributed by atoms with Crippen molar-refractivity contribution in [2.24, 2.45) is 0 Å². The van der Waals surface area contributed by atoms with Gasteiger partial charge in [0.15, 0.2) is 6.29 Å². The van der Waals surface area contributed by atoms with Crippen LogP contribution in [0.4, 0.5) is 8.78 Å². The molecule has 2 nitrogen and oxygen atoms in total. The van der Waals surface area contributed by atoms with Crippen LogP contribution in [0.1, 0.15) is 22.5 Å². The second kappa shape index (κ2) is 4.58. The minimum atomic E-state index is -2.63. The Kier molecular flexibility index (Phi) is 3.95. The molecular formula is C7H3F2I2NO. The molecule has 70 valence electrons. The Morgan fingerprint density at radius 2 is 2.08 bits per heavy atom. The van der Waals surface area contributed by atoms with Crippen molar-refractivity contribution >= 4 is 51.5 Å². The van der Waals surface area contributed by atoms with Gasteiger partial charge in [-0.15, -0.1) is 0 Å². The van der Waals surface area contributed by atoms with Crippen LogP contribution in [0.2, 0.25) is 0 Å². The molecule has 0 saturated heterocycles. The van der Waals surface area contributed by atoms with E-state index < -0.39 is 6.43 Å². The molecule has 0 aliphatic heterocycles. The number of carbonyl (C=O) groups is 1. The van der Waals surface area contributed by atoms with Gasteiger partial charge in [0, 0.05) is 5.56 Å². The molecule has 0 atom stereocenters. The summed E-state index contributed by atoms with van der Waals surface area (Å²) in [5, 5.41) is 0. The molecule has 1 aromatic heterocycles. The van der Waals surface area contributed by atoms with Crippen LogP contribution in [0.15, 0.2) is 6.07 Å². The normalized spacial score (nSPS) is 10.5. The molecule has 0 radical (unpaired) electrons. The van der Waals surface area contributed by atoms with E-state index in [1.807, 2.05) is 45.2 Å². The third kappa shape index (κ3) is 2.55. The predicted octanol–water partition coefficient (Wildman–Crippen LogP) is 3.04. The summed E-state index contributed by atoms with van der Waals surface area (Å²) in [6.45, 7) is 0. The Morgan fingerprint density at radius 1 is 1.46 bits per heavy atom. The lowest BCUT2D eigenvalue weighted by Gasteiger charge is -2.03. The van der Waals surface area contributed by atoms with Gasteiger partial charge in [0.05, 0.1) is 3.57 Å². The number of nitrogens with zero attached hydrogens (tertiary/aromatic N) is 1. The van der Waals surface area contributed by atoms with E-state index in [1.165, 1.54) is 0 Å². The van der Waals surface area contributed by atoms with Gasteiger partial charge >= 0.3 is 0 Å². The predicted molar refractivity (Wildman–Crippen MR) is 60.0 cm³/mol. The average molecular weight is 409 g/mol. The van der Waals surface area contributed by atoms with Crippen LogP contribution in [0.25, 0.3) is 0 Å². The summed E-state index contributed by atoms with van der Waals surface area (Å²) in [5.74, 6) is 0. The Balaban J connectivity index is 3.30. The fraction of sp³-hybridized carbons (Fsp3) is 0.143. The zero-order valence-electron chi connectivity index (χ0n) is 6.10. The van der Waals surface area contributed by atoms with E-state index in [0.29, 0.717) is 13.6 Å². The van der Waals surface area contributed by atoms with Crippen LogP contribution in [0.3, 0.4) is 0 Å². The number of alkyl halides is 2. The molecule has 1 rings (SSSR count). The van der Waals surface area contributed by atoms with Crippen LogP contribution < -0.4 is 0 Å². The molecule has 0 unspecified atom stereocenters. The van der Waals surface area contributed by atoms with Gasteiger partial charge in [-0.3, -0.25) is 4.79 Å². The molecule has 0 spiro atoms. The Labute approximate surface area is 100 Å². The number of aldehydes is 1. The molecular weight excluding hydrogens is 406 g/mol. The number of rotatable bonds is 2. The van der Waals surface area contributed by atoms with Crippen LogP contribution in [0.5, 0.6) is 0 Å². The number of halogens is 4. The van der Waals surface area contributed by atoms with Gasteiger partial charge in [-0.1, -0.05) is 0 Å². The maximum atomic E-state index is 12.2. The van der Waals surface area contributed by atoms with Crippen LogP contribution in [-0.4, -0.2) is 11.3 Å². The van der Waals surface area contributed by atoms with E-state index in [-0.39, 0.29) is 11.3 Å². The molecule has 13 heavy (non-hydrogen) atoms. The van der Waals surface area contributed by atoms with Crippen molar-refractivity contribution in [1.82, 2.24) is 4.98 Å². The quantitative estimate of drug-likeness (QED) is 0.427. The van der Waals surface area contributed by atoms with Gasteiger partial charge in [-0.2, -0.15) is 0 Å². The van der Waals surface area contributed by atoms with Crippen molar-refractivity contribution in [2.45, 2.75) is 6.43 Å². The van der Waals surface area contributed by atoms with E-state index in [1.54, 1.807) is 0 Å². The first-order chi connectivity index (χ1) is 6.06. The summed E-state index contributed by atoms with van der Waals surface area (Å²) < 4.78 is 25.5. The Morgan fingerprint density at radius 3 is 2.54 bits per heavy atom. The van der Waals surface area contributed by atoms with Crippen LogP contribution in [0, 0.1) is 7.27 Å².